The zero-order chi connectivity index (χ0) is 38.4. The number of para-hydroxylation sites is 1. The van der Waals surface area contributed by atoms with Crippen LogP contribution in [-0.4, -0.2) is 98.6 Å². The first-order chi connectivity index (χ1) is 27.4. The van der Waals surface area contributed by atoms with Crippen molar-refractivity contribution in [3.05, 3.63) is 90.3 Å². The van der Waals surface area contributed by atoms with E-state index in [1.807, 2.05) is 70.2 Å². The molecule has 1 atom stereocenters. The number of nitrogens with two attached hydrogens (primary N) is 1. The second-order valence-electron chi connectivity index (χ2n) is 14.1. The Morgan fingerprint density at radius 1 is 0.875 bits per heavy atom. The molecular formula is C41H44N8O6S. The van der Waals surface area contributed by atoms with E-state index in [1.165, 1.54) is 22.3 Å². The van der Waals surface area contributed by atoms with Gasteiger partial charge in [-0.05, 0) is 72.9 Å². The summed E-state index contributed by atoms with van der Waals surface area (Å²) in [5.74, 6) is 2.17. The van der Waals surface area contributed by atoms with Crippen LogP contribution in [0.3, 0.4) is 0 Å². The molecule has 2 saturated heterocycles. The standard InChI is InChI=1S/C41H44N8O6S/c42-39-37-38(27-9-11-31(12-10-27)55-30-6-2-1-3-7-30)46-49(40(37)44-26-43-39)29-15-17-47(18-16-29)36(51)25-54-20-19-53-21-22-56-34-8-4-5-28-23-48(24-32(28)34)33-13-14-35(50)45-41(33)52/h1-12,26,29,33H,13-25H2,(H2,42,43,44)(H,45,50,52). The van der Waals surface area contributed by atoms with Gasteiger partial charge in [0.25, 0.3) is 0 Å². The molecule has 3 aliphatic rings. The van der Waals surface area contributed by atoms with E-state index in [4.69, 9.17) is 25.0 Å². The molecule has 0 saturated carbocycles. The van der Waals surface area contributed by atoms with Crippen molar-refractivity contribution in [3.8, 4) is 22.8 Å². The summed E-state index contributed by atoms with van der Waals surface area (Å²) < 4.78 is 19.4. The van der Waals surface area contributed by atoms with E-state index < -0.39 is 0 Å². The molecule has 5 heterocycles. The molecule has 2 aromatic heterocycles. The van der Waals surface area contributed by atoms with Gasteiger partial charge < -0.3 is 24.8 Å². The van der Waals surface area contributed by atoms with Crippen LogP contribution in [0, 0.1) is 0 Å². The summed E-state index contributed by atoms with van der Waals surface area (Å²) in [7, 11) is 0. The van der Waals surface area contributed by atoms with Gasteiger partial charge >= 0.3 is 0 Å². The van der Waals surface area contributed by atoms with E-state index in [0.717, 1.165) is 29.9 Å². The van der Waals surface area contributed by atoms with Crippen LogP contribution in [0.4, 0.5) is 5.82 Å². The summed E-state index contributed by atoms with van der Waals surface area (Å²) in [6, 6.07) is 23.4. The van der Waals surface area contributed by atoms with Crippen LogP contribution >= 0.6 is 11.8 Å². The molecule has 3 N–H and O–H groups in total. The number of nitrogens with zero attached hydrogens (tertiary/aromatic N) is 6. The number of carbonyl (C=O) groups excluding carboxylic acids is 3. The summed E-state index contributed by atoms with van der Waals surface area (Å²) in [6.45, 7) is 3.84. The van der Waals surface area contributed by atoms with E-state index in [9.17, 15) is 14.4 Å². The molecule has 1 unspecified atom stereocenters. The van der Waals surface area contributed by atoms with Crippen LogP contribution in [0.1, 0.15) is 42.9 Å². The third kappa shape index (κ3) is 8.40. The fourth-order valence-corrected chi connectivity index (χ4v) is 8.57. The van der Waals surface area contributed by atoms with Gasteiger partial charge in [-0.25, -0.2) is 14.6 Å². The van der Waals surface area contributed by atoms with E-state index in [2.05, 4.69) is 32.3 Å². The molecule has 290 valence electrons. The average molecular weight is 777 g/mol. The maximum Gasteiger partial charge on any atom is 0.248 e. The number of nitrogen functional groups attached to an aromatic ring is 1. The number of piperidine rings is 2. The minimum atomic E-state index is -0.274. The summed E-state index contributed by atoms with van der Waals surface area (Å²) in [5.41, 5.74) is 11.1. The molecule has 56 heavy (non-hydrogen) atoms. The highest BCUT2D eigenvalue weighted by molar-refractivity contribution is 7.99. The number of likely N-dealkylation sites (tertiary alicyclic amines) is 1. The predicted octanol–water partition coefficient (Wildman–Crippen LogP) is 4.98. The van der Waals surface area contributed by atoms with Crippen LogP contribution in [0.15, 0.2) is 84.0 Å². The molecule has 3 amide bonds. The second kappa shape index (κ2) is 17.2. The van der Waals surface area contributed by atoms with E-state index in [-0.39, 0.29) is 36.4 Å². The van der Waals surface area contributed by atoms with Crippen LogP contribution in [0.25, 0.3) is 22.3 Å². The van der Waals surface area contributed by atoms with Gasteiger partial charge in [-0.15, -0.1) is 11.8 Å². The van der Waals surface area contributed by atoms with Gasteiger partial charge in [0.1, 0.15) is 35.9 Å². The van der Waals surface area contributed by atoms with Crippen molar-refractivity contribution in [3.63, 3.8) is 0 Å². The van der Waals surface area contributed by atoms with Gasteiger partial charge in [-0.1, -0.05) is 30.3 Å². The number of carbonyl (C=O) groups is 3. The Kier molecular flexibility index (Phi) is 11.5. The Balaban J connectivity index is 0.763. The zero-order valence-electron chi connectivity index (χ0n) is 31.0. The van der Waals surface area contributed by atoms with Gasteiger partial charge in [0.05, 0.1) is 37.3 Å². The van der Waals surface area contributed by atoms with Crippen molar-refractivity contribution in [1.29, 1.82) is 0 Å². The minimum Gasteiger partial charge on any atom is -0.457 e. The number of hydrogen-bond acceptors (Lipinski definition) is 12. The van der Waals surface area contributed by atoms with Crippen LogP contribution in [0.5, 0.6) is 11.5 Å². The first-order valence-electron chi connectivity index (χ1n) is 19.0. The fraction of sp³-hybridized carbons (Fsp3) is 0.366. The van der Waals surface area contributed by atoms with Crippen molar-refractivity contribution in [2.75, 3.05) is 51.0 Å². The molecule has 0 radical (unpaired) electrons. The van der Waals surface area contributed by atoms with Crippen molar-refractivity contribution >= 4 is 46.3 Å². The third-order valence-corrected chi connectivity index (χ3v) is 11.6. The van der Waals surface area contributed by atoms with Crippen molar-refractivity contribution in [2.45, 2.75) is 55.8 Å². The molecule has 3 aliphatic heterocycles. The molecule has 8 rings (SSSR count). The topological polar surface area (TPSA) is 167 Å². The number of amides is 3. The van der Waals surface area contributed by atoms with E-state index >= 15 is 0 Å². The molecular weight excluding hydrogens is 733 g/mol. The van der Waals surface area contributed by atoms with Gasteiger partial charge in [0.15, 0.2) is 5.65 Å². The zero-order valence-corrected chi connectivity index (χ0v) is 31.8. The van der Waals surface area contributed by atoms with Crippen LogP contribution in [-0.2, 0) is 36.9 Å². The Bertz CT molecular complexity index is 2190. The molecule has 5 aromatic rings. The number of anilines is 1. The number of ether oxygens (including phenoxy) is 3. The minimum absolute atomic E-state index is 0.00515. The van der Waals surface area contributed by atoms with E-state index in [0.29, 0.717) is 87.1 Å². The number of hydrogen-bond donors (Lipinski definition) is 2. The third-order valence-electron chi connectivity index (χ3n) is 10.5. The Morgan fingerprint density at radius 3 is 2.46 bits per heavy atom. The highest BCUT2D eigenvalue weighted by Gasteiger charge is 2.35. The lowest BCUT2D eigenvalue weighted by molar-refractivity contribution is -0.138. The molecule has 0 spiro atoms. The SMILES string of the molecule is Nc1ncnc2c1c(-c1ccc(Oc3ccccc3)cc1)nn2C1CCN(C(=O)COCCOCCSc2cccc3c2CN(C2CCC(=O)NC2=O)C3)CC1. The number of aromatic nitrogens is 4. The predicted molar refractivity (Wildman–Crippen MR) is 211 cm³/mol. The molecule has 0 aliphatic carbocycles. The van der Waals surface area contributed by atoms with Crippen LogP contribution in [0.2, 0.25) is 0 Å². The summed E-state index contributed by atoms with van der Waals surface area (Å²) >= 11 is 1.73. The van der Waals surface area contributed by atoms with Gasteiger partial charge in [0, 0.05) is 48.8 Å². The lowest BCUT2D eigenvalue weighted by Gasteiger charge is -2.32. The van der Waals surface area contributed by atoms with E-state index in [1.54, 1.807) is 11.8 Å². The molecule has 15 heteroatoms. The first kappa shape index (κ1) is 37.6. The van der Waals surface area contributed by atoms with Crippen LogP contribution < -0.4 is 15.8 Å². The maximum atomic E-state index is 13.0. The first-order valence-corrected chi connectivity index (χ1v) is 20.0. The van der Waals surface area contributed by atoms with Crippen molar-refractivity contribution in [1.82, 2.24) is 34.9 Å². The molecule has 2 fully saturated rings. The number of fused-ring (bicyclic) bond motifs is 2. The monoisotopic (exact) mass is 776 g/mol. The quantitative estimate of drug-likeness (QED) is 0.0884. The summed E-state index contributed by atoms with van der Waals surface area (Å²) in [4.78, 5) is 51.0. The Hall–Kier alpha value is -5.35. The summed E-state index contributed by atoms with van der Waals surface area (Å²) in [5, 5.41) is 8.18. The van der Waals surface area contributed by atoms with Crippen molar-refractivity contribution < 1.29 is 28.6 Å². The molecule has 0 bridgehead atoms. The Morgan fingerprint density at radius 2 is 1.66 bits per heavy atom. The van der Waals surface area contributed by atoms with Crippen molar-refractivity contribution in [2.24, 2.45) is 0 Å². The highest BCUT2D eigenvalue weighted by atomic mass is 32.2. The lowest BCUT2D eigenvalue weighted by Crippen LogP contribution is -2.50. The molecule has 14 nitrogen and oxygen atoms in total. The maximum absolute atomic E-state index is 13.0. The number of imide groups is 1. The Labute approximate surface area is 328 Å². The number of nitrogens with one attached hydrogen (secondary N) is 1. The van der Waals surface area contributed by atoms with Gasteiger partial charge in [0.2, 0.25) is 17.7 Å². The lowest BCUT2D eigenvalue weighted by atomic mass is 10.0. The number of thioether (sulfide) groups is 1. The number of benzene rings is 3. The number of rotatable bonds is 14. The smallest absolute Gasteiger partial charge is 0.248 e. The van der Waals surface area contributed by atoms with Gasteiger partial charge in [-0.2, -0.15) is 5.10 Å². The fourth-order valence-electron chi connectivity index (χ4n) is 7.60. The normalized spacial score (nSPS) is 17.6. The average Bonchev–Trinajstić information content (AvgIpc) is 3.83. The highest BCUT2D eigenvalue weighted by Crippen LogP contribution is 2.36. The largest absolute Gasteiger partial charge is 0.457 e. The molecule has 3 aromatic carbocycles. The second-order valence-corrected chi connectivity index (χ2v) is 15.2. The van der Waals surface area contributed by atoms with Gasteiger partial charge in [-0.3, -0.25) is 24.6 Å². The summed E-state index contributed by atoms with van der Waals surface area (Å²) in [6.07, 6.45) is 3.83.